The number of carbonyl (C=O) groups is 2. The average molecular weight is 322 g/mol. The van der Waals surface area contributed by atoms with Crippen molar-refractivity contribution in [3.63, 3.8) is 0 Å². The Kier molecular flexibility index (Phi) is 3.13. The fourth-order valence-electron chi connectivity index (χ4n) is 2.29. The van der Waals surface area contributed by atoms with E-state index in [0.717, 1.165) is 20.8 Å². The van der Waals surface area contributed by atoms with Crippen molar-refractivity contribution in [2.24, 2.45) is 0 Å². The summed E-state index contributed by atoms with van der Waals surface area (Å²) in [5, 5.41) is 3.62. The van der Waals surface area contributed by atoms with Crippen LogP contribution in [0.5, 0.6) is 0 Å². The summed E-state index contributed by atoms with van der Waals surface area (Å²) in [7, 11) is 0. The third kappa shape index (κ3) is 2.36. The zero-order valence-electron chi connectivity index (χ0n) is 11.8. The van der Waals surface area contributed by atoms with Crippen LogP contribution in [0.3, 0.4) is 0 Å². The van der Waals surface area contributed by atoms with Gasteiger partial charge in [-0.2, -0.15) is 5.01 Å². The Balaban J connectivity index is 1.84. The molecule has 0 spiro atoms. The largest absolute Gasteiger partial charge is 0.272 e. The number of hydrogen-bond donors (Lipinski definition) is 1. The quantitative estimate of drug-likeness (QED) is 0.750. The highest BCUT2D eigenvalue weighted by molar-refractivity contribution is 7.13. The van der Waals surface area contributed by atoms with Crippen LogP contribution in [0.1, 0.15) is 0 Å². The normalized spacial score (nSPS) is 14.0. The Morgan fingerprint density at radius 2 is 1.74 bits per heavy atom. The van der Waals surface area contributed by atoms with Crippen LogP contribution in [-0.2, 0) is 9.59 Å². The number of hydrazine groups is 1. The van der Waals surface area contributed by atoms with Crippen molar-refractivity contribution in [1.82, 2.24) is 15.0 Å². The summed E-state index contributed by atoms with van der Waals surface area (Å²) in [6.45, 7) is 0. The minimum Gasteiger partial charge on any atom is -0.271 e. The van der Waals surface area contributed by atoms with E-state index in [1.165, 1.54) is 23.5 Å². The highest BCUT2D eigenvalue weighted by Gasteiger charge is 2.25. The summed E-state index contributed by atoms with van der Waals surface area (Å²) in [5.74, 6) is 0.128. The van der Waals surface area contributed by atoms with E-state index in [0.29, 0.717) is 11.6 Å². The predicted octanol–water partition coefficient (Wildman–Crippen LogP) is 2.61. The lowest BCUT2D eigenvalue weighted by molar-refractivity contribution is -0.135. The molecule has 4 rings (SSSR count). The molecule has 1 aliphatic heterocycles. The number of aromatic nitrogens is 2. The first-order chi connectivity index (χ1) is 11.2. The van der Waals surface area contributed by atoms with E-state index in [1.807, 2.05) is 41.8 Å². The second-order valence-electron chi connectivity index (χ2n) is 4.85. The molecule has 1 N–H and O–H groups in total. The molecule has 0 saturated carbocycles. The van der Waals surface area contributed by atoms with Crippen LogP contribution in [0, 0.1) is 0 Å². The van der Waals surface area contributed by atoms with Crippen molar-refractivity contribution in [2.45, 2.75) is 0 Å². The summed E-state index contributed by atoms with van der Waals surface area (Å²) in [6.07, 6.45) is 2.44. The van der Waals surface area contributed by atoms with Crippen molar-refractivity contribution in [1.29, 1.82) is 0 Å². The van der Waals surface area contributed by atoms with Gasteiger partial charge in [-0.1, -0.05) is 18.2 Å². The Bertz CT molecular complexity index is 932. The monoisotopic (exact) mass is 322 g/mol. The predicted molar refractivity (Wildman–Crippen MR) is 87.5 cm³/mol. The van der Waals surface area contributed by atoms with E-state index >= 15 is 0 Å². The zero-order chi connectivity index (χ0) is 15.8. The first-order valence-electron chi connectivity index (χ1n) is 6.86. The summed E-state index contributed by atoms with van der Waals surface area (Å²) in [4.78, 5) is 33.5. The second-order valence-corrected chi connectivity index (χ2v) is 5.79. The molecular formula is C16H10N4O2S. The van der Waals surface area contributed by atoms with Crippen molar-refractivity contribution < 1.29 is 9.59 Å². The van der Waals surface area contributed by atoms with Crippen LogP contribution in [0.2, 0.25) is 0 Å². The van der Waals surface area contributed by atoms with Gasteiger partial charge in [0, 0.05) is 17.5 Å². The molecule has 1 aromatic carbocycles. The number of imide groups is 1. The molecule has 0 radical (unpaired) electrons. The van der Waals surface area contributed by atoms with Gasteiger partial charge in [0.05, 0.1) is 10.4 Å². The number of thiophene rings is 1. The topological polar surface area (TPSA) is 75.2 Å². The van der Waals surface area contributed by atoms with Gasteiger partial charge in [-0.05, 0) is 23.6 Å². The highest BCUT2D eigenvalue weighted by Crippen LogP contribution is 2.27. The van der Waals surface area contributed by atoms with E-state index in [4.69, 9.17) is 0 Å². The smallest absolute Gasteiger partial charge is 0.271 e. The first kappa shape index (κ1) is 13.6. The molecule has 2 amide bonds. The SMILES string of the molecule is O=C1C=CC(=O)N1Nc1nc(-c2cccs2)nc2ccccc12. The molecule has 0 bridgehead atoms. The summed E-state index contributed by atoms with van der Waals surface area (Å²) < 4.78 is 0. The van der Waals surface area contributed by atoms with Crippen LogP contribution in [0.15, 0.2) is 53.9 Å². The van der Waals surface area contributed by atoms with E-state index in [1.54, 1.807) is 0 Å². The Hall–Kier alpha value is -3.06. The number of nitrogens with zero attached hydrogens (tertiary/aromatic N) is 3. The van der Waals surface area contributed by atoms with E-state index in [2.05, 4.69) is 15.4 Å². The van der Waals surface area contributed by atoms with E-state index < -0.39 is 11.8 Å². The molecule has 7 heteroatoms. The van der Waals surface area contributed by atoms with Gasteiger partial charge in [-0.25, -0.2) is 9.97 Å². The number of para-hydroxylation sites is 1. The maximum atomic E-state index is 11.8. The first-order valence-corrected chi connectivity index (χ1v) is 7.74. The van der Waals surface area contributed by atoms with Crippen LogP contribution in [-0.4, -0.2) is 26.8 Å². The minimum atomic E-state index is -0.421. The fourth-order valence-corrected chi connectivity index (χ4v) is 2.95. The maximum absolute atomic E-state index is 11.8. The fraction of sp³-hybridized carbons (Fsp3) is 0. The molecule has 1 aliphatic rings. The molecule has 0 fully saturated rings. The molecule has 6 nitrogen and oxygen atoms in total. The second kappa shape index (κ2) is 5.29. The molecule has 0 aliphatic carbocycles. The molecule has 23 heavy (non-hydrogen) atoms. The van der Waals surface area contributed by atoms with Gasteiger partial charge in [0.2, 0.25) is 0 Å². The molecule has 0 atom stereocenters. The van der Waals surface area contributed by atoms with Gasteiger partial charge in [0.1, 0.15) is 0 Å². The minimum absolute atomic E-state index is 0.421. The summed E-state index contributed by atoms with van der Waals surface area (Å²) in [5.41, 5.74) is 3.55. The van der Waals surface area contributed by atoms with Gasteiger partial charge >= 0.3 is 0 Å². The summed E-state index contributed by atoms with van der Waals surface area (Å²) >= 11 is 1.52. The van der Waals surface area contributed by atoms with Crippen molar-refractivity contribution in [3.05, 3.63) is 53.9 Å². The number of amides is 2. The van der Waals surface area contributed by atoms with Crippen molar-refractivity contribution in [3.8, 4) is 10.7 Å². The highest BCUT2D eigenvalue weighted by atomic mass is 32.1. The Morgan fingerprint density at radius 1 is 0.957 bits per heavy atom. The van der Waals surface area contributed by atoms with Gasteiger partial charge < -0.3 is 0 Å². The third-order valence-corrected chi connectivity index (χ3v) is 4.24. The lowest BCUT2D eigenvalue weighted by Crippen LogP contribution is -2.36. The lowest BCUT2D eigenvalue weighted by atomic mass is 10.2. The molecule has 112 valence electrons. The van der Waals surface area contributed by atoms with Crippen molar-refractivity contribution >= 4 is 39.9 Å². The van der Waals surface area contributed by atoms with Crippen molar-refractivity contribution in [2.75, 3.05) is 5.43 Å². The molecule has 0 unspecified atom stereocenters. The molecular weight excluding hydrogens is 312 g/mol. The number of fused-ring (bicyclic) bond motifs is 1. The number of benzene rings is 1. The standard InChI is InChI=1S/C16H10N4O2S/c21-13-7-8-14(22)20(13)19-15-10-4-1-2-5-11(10)17-16(18-15)12-6-3-9-23-12/h1-9H,(H,17,18,19). The van der Waals surface area contributed by atoms with Gasteiger partial charge in [-0.15, -0.1) is 11.3 Å². The van der Waals surface area contributed by atoms with E-state index in [-0.39, 0.29) is 0 Å². The molecule has 0 saturated heterocycles. The molecule has 3 aromatic rings. The number of rotatable bonds is 3. The maximum Gasteiger partial charge on any atom is 0.272 e. The zero-order valence-corrected chi connectivity index (χ0v) is 12.6. The summed E-state index contributed by atoms with van der Waals surface area (Å²) in [6, 6.07) is 11.3. The third-order valence-electron chi connectivity index (χ3n) is 3.37. The Morgan fingerprint density at radius 3 is 2.48 bits per heavy atom. The number of anilines is 1. The van der Waals surface area contributed by atoms with Crippen LogP contribution >= 0.6 is 11.3 Å². The van der Waals surface area contributed by atoms with Gasteiger partial charge in [0.15, 0.2) is 11.6 Å². The number of nitrogens with one attached hydrogen (secondary N) is 1. The van der Waals surface area contributed by atoms with Gasteiger partial charge in [0.25, 0.3) is 11.8 Å². The molecule has 3 heterocycles. The van der Waals surface area contributed by atoms with Crippen LogP contribution in [0.4, 0.5) is 5.82 Å². The van der Waals surface area contributed by atoms with Crippen LogP contribution < -0.4 is 5.43 Å². The average Bonchev–Trinajstić information content (AvgIpc) is 3.20. The number of carbonyl (C=O) groups excluding carboxylic acids is 2. The lowest BCUT2D eigenvalue weighted by Gasteiger charge is -2.17. The molecule has 2 aromatic heterocycles. The Labute approximate surface area is 135 Å². The van der Waals surface area contributed by atoms with Gasteiger partial charge in [-0.3, -0.25) is 15.0 Å². The van der Waals surface area contributed by atoms with E-state index in [9.17, 15) is 9.59 Å². The van der Waals surface area contributed by atoms with Crippen LogP contribution in [0.25, 0.3) is 21.6 Å². The number of hydrogen-bond acceptors (Lipinski definition) is 6.